The van der Waals surface area contributed by atoms with Gasteiger partial charge in [-0.2, -0.15) is 0 Å². The maximum atomic E-state index is 12.7. The molecule has 0 saturated heterocycles. The van der Waals surface area contributed by atoms with Crippen LogP contribution in [0.15, 0.2) is 84.0 Å². The number of carbonyl (C=O) groups excluding carboxylic acids is 3. The standard InChI is InChI=1S/C25H24N4O5/c1-2-33-20-14-12-19(13-15-20)28-25(32)21-10-6-7-11-22(21)29-24(31)17-34-26-16-23(30)27-18-8-4-3-5-9-18/h3-16H,2,17H2,1H3,(H,27,30)(H,28,32)(H,29,31)/b26-16+. The first-order chi connectivity index (χ1) is 16.5. The molecule has 0 unspecified atom stereocenters. The van der Waals surface area contributed by atoms with Crippen LogP contribution >= 0.6 is 0 Å². The van der Waals surface area contributed by atoms with Crippen LogP contribution in [0.2, 0.25) is 0 Å². The van der Waals surface area contributed by atoms with Crippen LogP contribution in [0.3, 0.4) is 0 Å². The average molecular weight is 460 g/mol. The first-order valence-corrected chi connectivity index (χ1v) is 10.5. The lowest BCUT2D eigenvalue weighted by molar-refractivity contribution is -0.120. The third-order valence-electron chi connectivity index (χ3n) is 4.35. The minimum Gasteiger partial charge on any atom is -0.494 e. The molecule has 0 fully saturated rings. The largest absolute Gasteiger partial charge is 0.494 e. The van der Waals surface area contributed by atoms with Gasteiger partial charge in [-0.1, -0.05) is 35.5 Å². The molecule has 0 heterocycles. The van der Waals surface area contributed by atoms with Crippen LogP contribution in [0, 0.1) is 0 Å². The average Bonchev–Trinajstić information content (AvgIpc) is 2.84. The van der Waals surface area contributed by atoms with Crippen LogP contribution in [0.25, 0.3) is 0 Å². The van der Waals surface area contributed by atoms with Gasteiger partial charge in [0, 0.05) is 11.4 Å². The van der Waals surface area contributed by atoms with Crippen LogP contribution in [0.1, 0.15) is 17.3 Å². The van der Waals surface area contributed by atoms with Gasteiger partial charge >= 0.3 is 0 Å². The van der Waals surface area contributed by atoms with E-state index in [-0.39, 0.29) is 5.56 Å². The number of anilines is 3. The lowest BCUT2D eigenvalue weighted by Crippen LogP contribution is -2.21. The van der Waals surface area contributed by atoms with E-state index in [0.717, 1.165) is 6.21 Å². The molecule has 0 aliphatic heterocycles. The molecule has 3 N–H and O–H groups in total. The van der Waals surface area contributed by atoms with Crippen molar-refractivity contribution in [2.45, 2.75) is 6.92 Å². The van der Waals surface area contributed by atoms with E-state index in [1.54, 1.807) is 72.8 Å². The summed E-state index contributed by atoms with van der Waals surface area (Å²) in [7, 11) is 0. The SMILES string of the molecule is CCOc1ccc(NC(=O)c2ccccc2NC(=O)CO/N=C/C(=O)Nc2ccccc2)cc1. The second-order valence-corrected chi connectivity index (χ2v) is 6.87. The van der Waals surface area contributed by atoms with E-state index in [1.165, 1.54) is 0 Å². The van der Waals surface area contributed by atoms with Crippen molar-refractivity contribution in [1.82, 2.24) is 0 Å². The number of nitrogens with one attached hydrogen (secondary N) is 3. The van der Waals surface area contributed by atoms with Gasteiger partial charge in [-0.25, -0.2) is 0 Å². The van der Waals surface area contributed by atoms with Crippen LogP contribution in [-0.4, -0.2) is 37.1 Å². The van der Waals surface area contributed by atoms with E-state index < -0.39 is 24.3 Å². The van der Waals surface area contributed by atoms with E-state index in [2.05, 4.69) is 21.1 Å². The summed E-state index contributed by atoms with van der Waals surface area (Å²) in [4.78, 5) is 41.6. The minimum absolute atomic E-state index is 0.274. The first-order valence-electron chi connectivity index (χ1n) is 10.5. The Morgan fingerprint density at radius 1 is 0.824 bits per heavy atom. The minimum atomic E-state index is -0.540. The van der Waals surface area contributed by atoms with Gasteiger partial charge in [0.2, 0.25) is 0 Å². The molecule has 0 atom stereocenters. The zero-order valence-corrected chi connectivity index (χ0v) is 18.5. The van der Waals surface area contributed by atoms with Crippen LogP contribution < -0.4 is 20.7 Å². The van der Waals surface area contributed by atoms with Crippen LogP contribution in [-0.2, 0) is 14.4 Å². The summed E-state index contributed by atoms with van der Waals surface area (Å²) in [5.41, 5.74) is 1.78. The molecule has 34 heavy (non-hydrogen) atoms. The lowest BCUT2D eigenvalue weighted by Gasteiger charge is -2.11. The molecule has 0 aliphatic rings. The molecule has 0 radical (unpaired) electrons. The molecule has 0 aromatic heterocycles. The van der Waals surface area contributed by atoms with E-state index >= 15 is 0 Å². The Morgan fingerprint density at radius 3 is 2.24 bits per heavy atom. The Balaban J connectivity index is 1.51. The molecule has 0 bridgehead atoms. The molecule has 3 rings (SSSR count). The summed E-state index contributed by atoms with van der Waals surface area (Å²) in [5.74, 6) is -0.727. The Kier molecular flexibility index (Phi) is 8.75. The van der Waals surface area contributed by atoms with Gasteiger partial charge in [0.05, 0.1) is 17.9 Å². The van der Waals surface area contributed by atoms with Gasteiger partial charge in [0.15, 0.2) is 6.61 Å². The van der Waals surface area contributed by atoms with Crippen molar-refractivity contribution in [2.75, 3.05) is 29.2 Å². The number of para-hydroxylation sites is 2. The molecular formula is C25H24N4O5. The molecule has 9 heteroatoms. The van der Waals surface area contributed by atoms with Crippen molar-refractivity contribution in [3.05, 3.63) is 84.4 Å². The fraction of sp³-hybridized carbons (Fsp3) is 0.120. The second kappa shape index (κ2) is 12.4. The topological polar surface area (TPSA) is 118 Å². The highest BCUT2D eigenvalue weighted by molar-refractivity contribution is 6.31. The predicted molar refractivity (Wildman–Crippen MR) is 130 cm³/mol. The van der Waals surface area contributed by atoms with E-state index in [1.807, 2.05) is 13.0 Å². The molecule has 174 valence electrons. The van der Waals surface area contributed by atoms with E-state index in [0.29, 0.717) is 29.4 Å². The molecule has 0 saturated carbocycles. The third kappa shape index (κ3) is 7.49. The van der Waals surface area contributed by atoms with Crippen molar-refractivity contribution >= 4 is 41.0 Å². The summed E-state index contributed by atoms with van der Waals surface area (Å²) < 4.78 is 5.39. The van der Waals surface area contributed by atoms with Gasteiger partial charge < -0.3 is 25.5 Å². The molecular weight excluding hydrogens is 436 g/mol. The monoisotopic (exact) mass is 460 g/mol. The number of benzene rings is 3. The van der Waals surface area contributed by atoms with Gasteiger partial charge in [-0.3, -0.25) is 14.4 Å². The highest BCUT2D eigenvalue weighted by Crippen LogP contribution is 2.19. The summed E-state index contributed by atoms with van der Waals surface area (Å²) in [6.07, 6.45) is 0.929. The lowest BCUT2D eigenvalue weighted by atomic mass is 10.1. The molecule has 9 nitrogen and oxygen atoms in total. The molecule has 3 aromatic carbocycles. The van der Waals surface area contributed by atoms with Crippen molar-refractivity contribution in [2.24, 2.45) is 5.16 Å². The molecule has 0 aliphatic carbocycles. The van der Waals surface area contributed by atoms with Gasteiger partial charge in [0.1, 0.15) is 12.0 Å². The van der Waals surface area contributed by atoms with Crippen molar-refractivity contribution in [1.29, 1.82) is 0 Å². The zero-order valence-electron chi connectivity index (χ0n) is 18.5. The number of oxime groups is 1. The Labute approximate surface area is 196 Å². The van der Waals surface area contributed by atoms with Gasteiger partial charge in [0.25, 0.3) is 17.7 Å². The third-order valence-corrected chi connectivity index (χ3v) is 4.35. The Morgan fingerprint density at radius 2 is 1.50 bits per heavy atom. The quantitative estimate of drug-likeness (QED) is 0.313. The maximum absolute atomic E-state index is 12.7. The number of rotatable bonds is 10. The fourth-order valence-electron chi connectivity index (χ4n) is 2.85. The highest BCUT2D eigenvalue weighted by Gasteiger charge is 2.14. The number of hydrogen-bond donors (Lipinski definition) is 3. The molecule has 3 aromatic rings. The van der Waals surface area contributed by atoms with Gasteiger partial charge in [-0.05, 0) is 55.5 Å². The van der Waals surface area contributed by atoms with Crippen molar-refractivity contribution in [3.8, 4) is 5.75 Å². The number of hydrogen-bond acceptors (Lipinski definition) is 6. The Hall–Kier alpha value is -4.66. The summed E-state index contributed by atoms with van der Waals surface area (Å²) in [6.45, 7) is 2.00. The fourth-order valence-corrected chi connectivity index (χ4v) is 2.85. The van der Waals surface area contributed by atoms with Crippen molar-refractivity contribution in [3.63, 3.8) is 0 Å². The Bertz CT molecular complexity index is 1150. The zero-order chi connectivity index (χ0) is 24.2. The van der Waals surface area contributed by atoms with Gasteiger partial charge in [-0.15, -0.1) is 0 Å². The molecule has 3 amide bonds. The summed E-state index contributed by atoms with van der Waals surface area (Å²) in [5, 5.41) is 11.5. The number of amides is 3. The second-order valence-electron chi connectivity index (χ2n) is 6.87. The number of nitrogens with zero attached hydrogens (tertiary/aromatic N) is 1. The first kappa shape index (κ1) is 24.0. The number of carbonyl (C=O) groups is 3. The smallest absolute Gasteiger partial charge is 0.270 e. The highest BCUT2D eigenvalue weighted by atomic mass is 16.6. The van der Waals surface area contributed by atoms with E-state index in [4.69, 9.17) is 9.57 Å². The predicted octanol–water partition coefficient (Wildman–Crippen LogP) is 3.92. The normalized spacial score (nSPS) is 10.4. The van der Waals surface area contributed by atoms with Crippen molar-refractivity contribution < 1.29 is 24.0 Å². The summed E-state index contributed by atoms with van der Waals surface area (Å²) >= 11 is 0. The maximum Gasteiger partial charge on any atom is 0.270 e. The van der Waals surface area contributed by atoms with Crippen LogP contribution in [0.4, 0.5) is 17.1 Å². The van der Waals surface area contributed by atoms with Crippen LogP contribution in [0.5, 0.6) is 5.75 Å². The summed E-state index contributed by atoms with van der Waals surface area (Å²) in [6, 6.07) is 22.4. The number of ether oxygens (including phenoxy) is 1. The molecule has 0 spiro atoms. The van der Waals surface area contributed by atoms with E-state index in [9.17, 15) is 14.4 Å².